The van der Waals surface area contributed by atoms with Gasteiger partial charge in [-0.2, -0.15) is 0 Å². The molecule has 0 radical (unpaired) electrons. The van der Waals surface area contributed by atoms with Crippen LogP contribution < -0.4 is 4.74 Å². The van der Waals surface area contributed by atoms with E-state index in [0.717, 1.165) is 16.9 Å². The van der Waals surface area contributed by atoms with Crippen LogP contribution in [0.15, 0.2) is 54.6 Å². The lowest BCUT2D eigenvalue weighted by atomic mass is 9.92. The van der Waals surface area contributed by atoms with Crippen molar-refractivity contribution in [2.45, 2.75) is 17.8 Å². The molecular formula is C18H19NO2S. The smallest absolute Gasteiger partial charge is 0.239 e. The molecule has 0 unspecified atom stereocenters. The maximum atomic E-state index is 12.4. The molecule has 114 valence electrons. The Morgan fingerprint density at radius 2 is 1.77 bits per heavy atom. The van der Waals surface area contributed by atoms with Gasteiger partial charge in [0, 0.05) is 6.54 Å². The number of likely N-dealkylation sites (tertiary alicyclic amines) is 1. The maximum Gasteiger partial charge on any atom is 0.239 e. The van der Waals surface area contributed by atoms with Crippen LogP contribution in [-0.4, -0.2) is 29.4 Å². The minimum absolute atomic E-state index is 0.0112. The van der Waals surface area contributed by atoms with Gasteiger partial charge in [-0.15, -0.1) is 11.8 Å². The van der Waals surface area contributed by atoms with E-state index in [1.807, 2.05) is 41.5 Å². The molecule has 22 heavy (non-hydrogen) atoms. The van der Waals surface area contributed by atoms with Gasteiger partial charge >= 0.3 is 0 Å². The minimum atomic E-state index is 0.0112. The third-order valence-electron chi connectivity index (χ3n) is 4.06. The van der Waals surface area contributed by atoms with Crippen molar-refractivity contribution in [2.75, 3.05) is 13.4 Å². The summed E-state index contributed by atoms with van der Waals surface area (Å²) in [6, 6.07) is 18.3. The molecule has 1 aliphatic rings. The molecule has 0 aromatic heterocycles. The Morgan fingerprint density at radius 1 is 1.09 bits per heavy atom. The lowest BCUT2D eigenvalue weighted by Gasteiger charge is -2.47. The summed E-state index contributed by atoms with van der Waals surface area (Å²) in [6.07, 6.45) is 2.00. The van der Waals surface area contributed by atoms with Crippen molar-refractivity contribution in [3.8, 4) is 5.75 Å². The molecule has 1 amide bonds. The normalized spacial score (nSPS) is 20.6. The van der Waals surface area contributed by atoms with Gasteiger partial charge in [0.1, 0.15) is 11.0 Å². The topological polar surface area (TPSA) is 29.5 Å². The Bertz CT molecular complexity index is 642. The zero-order valence-corrected chi connectivity index (χ0v) is 13.5. The van der Waals surface area contributed by atoms with Crippen LogP contribution in [0.4, 0.5) is 0 Å². The fourth-order valence-corrected chi connectivity index (χ4v) is 3.76. The quantitative estimate of drug-likeness (QED) is 0.791. The van der Waals surface area contributed by atoms with Gasteiger partial charge in [0.2, 0.25) is 5.91 Å². The second-order valence-corrected chi connectivity index (χ2v) is 6.31. The number of hydrogen-bond donors (Lipinski definition) is 0. The van der Waals surface area contributed by atoms with Crippen LogP contribution in [-0.2, 0) is 11.3 Å². The van der Waals surface area contributed by atoms with Gasteiger partial charge in [0.25, 0.3) is 0 Å². The Balaban J connectivity index is 1.83. The third kappa shape index (κ3) is 2.71. The monoisotopic (exact) mass is 313 g/mol. The van der Waals surface area contributed by atoms with E-state index in [0.29, 0.717) is 6.54 Å². The summed E-state index contributed by atoms with van der Waals surface area (Å²) >= 11 is 1.62. The number of hydrogen-bond acceptors (Lipinski definition) is 3. The number of carbonyl (C=O) groups excluding carboxylic acids is 1. The molecule has 1 fully saturated rings. The molecule has 0 bridgehead atoms. The number of β-lactam (4-membered cyclic amide) rings is 1. The first-order chi connectivity index (χ1) is 10.7. The average Bonchev–Trinajstić information content (AvgIpc) is 2.58. The summed E-state index contributed by atoms with van der Waals surface area (Å²) < 4.78 is 5.21. The lowest BCUT2D eigenvalue weighted by Crippen LogP contribution is -2.56. The molecule has 3 nitrogen and oxygen atoms in total. The summed E-state index contributed by atoms with van der Waals surface area (Å²) in [5.41, 5.74) is 2.32. The Kier molecular flexibility index (Phi) is 4.39. The summed E-state index contributed by atoms with van der Waals surface area (Å²) in [5.74, 6) is 1.06. The molecule has 1 saturated heterocycles. The molecule has 0 saturated carbocycles. The molecule has 1 aliphatic heterocycles. The SMILES string of the molecule is COc1ccc([C@@H]2[C@@H](SC)C(=O)N2Cc2ccccc2)cc1. The highest BCUT2D eigenvalue weighted by molar-refractivity contribution is 8.00. The minimum Gasteiger partial charge on any atom is -0.497 e. The van der Waals surface area contributed by atoms with Crippen LogP contribution in [0.2, 0.25) is 0 Å². The summed E-state index contributed by atoms with van der Waals surface area (Å²) in [4.78, 5) is 14.3. The standard InChI is InChI=1S/C18H19NO2S/c1-21-15-10-8-14(9-11-15)16-17(22-2)18(20)19(16)12-13-6-4-3-5-7-13/h3-11,16-17H,12H2,1-2H3/t16-,17-/m1/s1. The molecule has 2 aromatic carbocycles. The number of carbonyl (C=O) groups is 1. The van der Waals surface area contributed by atoms with Gasteiger partial charge in [-0.1, -0.05) is 42.5 Å². The van der Waals surface area contributed by atoms with Crippen molar-refractivity contribution in [1.82, 2.24) is 4.90 Å². The zero-order chi connectivity index (χ0) is 15.5. The van der Waals surface area contributed by atoms with Crippen LogP contribution in [0.1, 0.15) is 17.2 Å². The first-order valence-electron chi connectivity index (χ1n) is 7.25. The van der Waals surface area contributed by atoms with Crippen LogP contribution in [0.5, 0.6) is 5.75 Å². The van der Waals surface area contributed by atoms with Crippen molar-refractivity contribution in [3.63, 3.8) is 0 Å². The molecule has 3 rings (SSSR count). The van der Waals surface area contributed by atoms with E-state index in [2.05, 4.69) is 24.3 Å². The van der Waals surface area contributed by atoms with E-state index in [-0.39, 0.29) is 17.2 Å². The number of ether oxygens (including phenoxy) is 1. The Morgan fingerprint density at radius 3 is 2.36 bits per heavy atom. The molecule has 1 heterocycles. The second-order valence-electron chi connectivity index (χ2n) is 5.33. The predicted octanol–water partition coefficient (Wildman–Crippen LogP) is 3.51. The second kappa shape index (κ2) is 6.44. The number of thioether (sulfide) groups is 1. The molecule has 2 atom stereocenters. The van der Waals surface area contributed by atoms with E-state index in [1.54, 1.807) is 18.9 Å². The number of methoxy groups -OCH3 is 1. The van der Waals surface area contributed by atoms with Gasteiger partial charge in [-0.25, -0.2) is 0 Å². The van der Waals surface area contributed by atoms with Gasteiger partial charge in [-0.05, 0) is 29.5 Å². The number of amides is 1. The van der Waals surface area contributed by atoms with Gasteiger partial charge in [0.05, 0.1) is 13.2 Å². The Labute approximate surface area is 135 Å². The molecule has 0 spiro atoms. The number of rotatable bonds is 5. The van der Waals surface area contributed by atoms with Crippen LogP contribution >= 0.6 is 11.8 Å². The van der Waals surface area contributed by atoms with E-state index >= 15 is 0 Å². The summed E-state index contributed by atoms with van der Waals surface area (Å²) in [5, 5.41) is 0.0112. The van der Waals surface area contributed by atoms with Crippen molar-refractivity contribution in [3.05, 3.63) is 65.7 Å². The number of nitrogens with zero attached hydrogens (tertiary/aromatic N) is 1. The highest BCUT2D eigenvalue weighted by Gasteiger charge is 2.47. The molecule has 0 N–H and O–H groups in total. The van der Waals surface area contributed by atoms with E-state index < -0.39 is 0 Å². The van der Waals surface area contributed by atoms with E-state index in [1.165, 1.54) is 0 Å². The summed E-state index contributed by atoms with van der Waals surface area (Å²) in [6.45, 7) is 0.660. The zero-order valence-electron chi connectivity index (χ0n) is 12.7. The lowest BCUT2D eigenvalue weighted by molar-refractivity contribution is -0.146. The largest absolute Gasteiger partial charge is 0.497 e. The fraction of sp³-hybridized carbons (Fsp3) is 0.278. The van der Waals surface area contributed by atoms with Crippen molar-refractivity contribution < 1.29 is 9.53 Å². The van der Waals surface area contributed by atoms with Gasteiger partial charge < -0.3 is 9.64 Å². The highest BCUT2D eigenvalue weighted by atomic mass is 32.2. The van der Waals surface area contributed by atoms with E-state index in [4.69, 9.17) is 4.74 Å². The molecule has 0 aliphatic carbocycles. The van der Waals surface area contributed by atoms with Crippen molar-refractivity contribution in [1.29, 1.82) is 0 Å². The van der Waals surface area contributed by atoms with E-state index in [9.17, 15) is 4.79 Å². The highest BCUT2D eigenvalue weighted by Crippen LogP contribution is 2.42. The van der Waals surface area contributed by atoms with Crippen LogP contribution in [0.25, 0.3) is 0 Å². The van der Waals surface area contributed by atoms with Gasteiger partial charge in [0.15, 0.2) is 0 Å². The third-order valence-corrected chi connectivity index (χ3v) is 5.02. The maximum absolute atomic E-state index is 12.4. The molecular weight excluding hydrogens is 294 g/mol. The predicted molar refractivity (Wildman–Crippen MR) is 90.0 cm³/mol. The molecule has 2 aromatic rings. The Hall–Kier alpha value is -1.94. The number of benzene rings is 2. The first kappa shape index (κ1) is 15.0. The molecule has 4 heteroatoms. The van der Waals surface area contributed by atoms with Crippen molar-refractivity contribution >= 4 is 17.7 Å². The van der Waals surface area contributed by atoms with Gasteiger partial charge in [-0.3, -0.25) is 4.79 Å². The average molecular weight is 313 g/mol. The first-order valence-corrected chi connectivity index (χ1v) is 8.54. The van der Waals surface area contributed by atoms with Crippen molar-refractivity contribution in [2.24, 2.45) is 0 Å². The fourth-order valence-electron chi connectivity index (χ4n) is 2.86. The van der Waals surface area contributed by atoms with Crippen LogP contribution in [0, 0.1) is 0 Å². The van der Waals surface area contributed by atoms with Crippen LogP contribution in [0.3, 0.4) is 0 Å². The summed E-state index contributed by atoms with van der Waals surface area (Å²) in [7, 11) is 1.66.